The van der Waals surface area contributed by atoms with Crippen LogP contribution in [0.4, 0.5) is 0 Å². The van der Waals surface area contributed by atoms with E-state index in [2.05, 4.69) is 20.3 Å². The van der Waals surface area contributed by atoms with Gasteiger partial charge in [0.05, 0.1) is 26.5 Å². The Morgan fingerprint density at radius 3 is 2.58 bits per heavy atom. The monoisotopic (exact) mass is 329 g/mol. The van der Waals surface area contributed by atoms with E-state index in [0.717, 1.165) is 11.3 Å². The first-order valence-electron chi connectivity index (χ1n) is 7.60. The van der Waals surface area contributed by atoms with Crippen LogP contribution in [0.1, 0.15) is 24.0 Å². The molecular formula is C16H19N5O3. The van der Waals surface area contributed by atoms with E-state index in [1.54, 1.807) is 19.0 Å². The predicted octanol–water partition coefficient (Wildman–Crippen LogP) is 2.26. The summed E-state index contributed by atoms with van der Waals surface area (Å²) < 4.78 is 15.9. The number of rotatable bonds is 6. The fraction of sp³-hybridized carbons (Fsp3) is 0.375. The molecule has 0 radical (unpaired) electrons. The third-order valence-corrected chi connectivity index (χ3v) is 3.59. The van der Waals surface area contributed by atoms with Crippen LogP contribution in [0.3, 0.4) is 0 Å². The Morgan fingerprint density at radius 2 is 1.92 bits per heavy atom. The molecular weight excluding hydrogens is 310 g/mol. The van der Waals surface area contributed by atoms with E-state index in [-0.39, 0.29) is 0 Å². The minimum Gasteiger partial charge on any atom is -0.493 e. The van der Waals surface area contributed by atoms with E-state index in [1.165, 1.54) is 0 Å². The van der Waals surface area contributed by atoms with E-state index < -0.39 is 0 Å². The van der Waals surface area contributed by atoms with Crippen LogP contribution in [0, 0.1) is 6.92 Å². The molecule has 0 bridgehead atoms. The molecule has 0 saturated heterocycles. The Labute approximate surface area is 139 Å². The van der Waals surface area contributed by atoms with Gasteiger partial charge in [-0.05, 0) is 31.5 Å². The maximum atomic E-state index is 5.33. The van der Waals surface area contributed by atoms with Gasteiger partial charge >= 0.3 is 0 Å². The van der Waals surface area contributed by atoms with Gasteiger partial charge in [0.1, 0.15) is 0 Å². The minimum atomic E-state index is 0.377. The summed E-state index contributed by atoms with van der Waals surface area (Å²) >= 11 is 0. The summed E-state index contributed by atoms with van der Waals surface area (Å²) in [5.41, 5.74) is 2.37. The first-order chi connectivity index (χ1) is 11.6. The van der Waals surface area contributed by atoms with E-state index >= 15 is 0 Å². The molecule has 0 atom stereocenters. The smallest absolute Gasteiger partial charge is 0.280 e. The Hall–Kier alpha value is -2.90. The van der Waals surface area contributed by atoms with E-state index in [1.807, 2.05) is 32.0 Å². The second-order valence-electron chi connectivity index (χ2n) is 5.20. The summed E-state index contributed by atoms with van der Waals surface area (Å²) in [6.45, 7) is 4.53. The van der Waals surface area contributed by atoms with Crippen LogP contribution < -0.4 is 9.47 Å². The van der Waals surface area contributed by atoms with Crippen LogP contribution in [0.5, 0.6) is 11.5 Å². The molecule has 126 valence electrons. The van der Waals surface area contributed by atoms with Crippen LogP contribution in [0.2, 0.25) is 0 Å². The molecule has 2 heterocycles. The summed E-state index contributed by atoms with van der Waals surface area (Å²) in [5, 5.41) is 12.7. The van der Waals surface area contributed by atoms with Crippen molar-refractivity contribution in [1.82, 2.24) is 25.1 Å². The fourth-order valence-corrected chi connectivity index (χ4v) is 2.36. The molecule has 0 amide bonds. The van der Waals surface area contributed by atoms with Crippen molar-refractivity contribution in [2.24, 2.45) is 0 Å². The molecule has 3 aromatic rings. The van der Waals surface area contributed by atoms with E-state index in [4.69, 9.17) is 14.0 Å². The molecule has 1 aromatic carbocycles. The first-order valence-corrected chi connectivity index (χ1v) is 7.60. The van der Waals surface area contributed by atoms with Crippen LogP contribution in [-0.4, -0.2) is 39.4 Å². The average Bonchev–Trinajstić information content (AvgIpc) is 3.20. The lowest BCUT2D eigenvalue weighted by Crippen LogP contribution is -1.98. The van der Waals surface area contributed by atoms with Gasteiger partial charge in [-0.15, -0.1) is 5.10 Å². The molecule has 0 fully saturated rings. The van der Waals surface area contributed by atoms with Gasteiger partial charge < -0.3 is 14.0 Å². The maximum absolute atomic E-state index is 5.33. The Kier molecular flexibility index (Phi) is 4.45. The topological polar surface area (TPSA) is 88.1 Å². The summed E-state index contributed by atoms with van der Waals surface area (Å²) in [7, 11) is 3.21. The van der Waals surface area contributed by atoms with E-state index in [0.29, 0.717) is 41.9 Å². The molecule has 8 nitrogen and oxygen atoms in total. The van der Waals surface area contributed by atoms with Crippen LogP contribution in [-0.2, 0) is 13.0 Å². The molecule has 0 aliphatic carbocycles. The molecule has 0 aliphatic heterocycles. The van der Waals surface area contributed by atoms with Crippen molar-refractivity contribution in [2.45, 2.75) is 26.8 Å². The highest BCUT2D eigenvalue weighted by Crippen LogP contribution is 2.28. The van der Waals surface area contributed by atoms with Gasteiger partial charge in [0.25, 0.3) is 5.89 Å². The fourth-order valence-electron chi connectivity index (χ4n) is 2.36. The van der Waals surface area contributed by atoms with Crippen molar-refractivity contribution in [3.8, 4) is 23.1 Å². The highest BCUT2D eigenvalue weighted by molar-refractivity contribution is 5.49. The zero-order valence-corrected chi connectivity index (χ0v) is 14.1. The van der Waals surface area contributed by atoms with Crippen LogP contribution >= 0.6 is 0 Å². The standard InChI is InChI=1S/C16H19N5O3/c1-5-21-18-10(2)15(19-21)16-17-14(20-24-16)9-11-6-7-12(22-3)13(8-11)23-4/h6-8H,5,9H2,1-4H3. The molecule has 8 heteroatoms. The Bertz CT molecular complexity index is 840. The zero-order valence-electron chi connectivity index (χ0n) is 14.1. The minimum absolute atomic E-state index is 0.377. The lowest BCUT2D eigenvalue weighted by Gasteiger charge is -2.08. The van der Waals surface area contributed by atoms with Gasteiger partial charge in [0.2, 0.25) is 0 Å². The molecule has 0 aliphatic rings. The number of nitrogens with zero attached hydrogens (tertiary/aromatic N) is 5. The van der Waals surface area contributed by atoms with Gasteiger partial charge in [-0.2, -0.15) is 14.9 Å². The second-order valence-corrected chi connectivity index (χ2v) is 5.20. The lowest BCUT2D eigenvalue weighted by atomic mass is 10.1. The predicted molar refractivity (Wildman–Crippen MR) is 86.1 cm³/mol. The molecule has 24 heavy (non-hydrogen) atoms. The number of ether oxygens (including phenoxy) is 2. The number of aromatic nitrogens is 5. The summed E-state index contributed by atoms with van der Waals surface area (Å²) in [6.07, 6.45) is 0.519. The number of hydrogen-bond donors (Lipinski definition) is 0. The normalized spacial score (nSPS) is 10.8. The molecule has 2 aromatic heterocycles. The summed E-state index contributed by atoms with van der Waals surface area (Å²) in [6, 6.07) is 5.69. The average molecular weight is 329 g/mol. The van der Waals surface area contributed by atoms with Gasteiger partial charge in [0, 0.05) is 6.42 Å². The Balaban J connectivity index is 1.82. The highest BCUT2D eigenvalue weighted by Gasteiger charge is 2.17. The largest absolute Gasteiger partial charge is 0.493 e. The van der Waals surface area contributed by atoms with Crippen molar-refractivity contribution < 1.29 is 14.0 Å². The Morgan fingerprint density at radius 1 is 1.12 bits per heavy atom. The maximum Gasteiger partial charge on any atom is 0.280 e. The lowest BCUT2D eigenvalue weighted by molar-refractivity contribution is 0.354. The van der Waals surface area contributed by atoms with Crippen molar-refractivity contribution in [1.29, 1.82) is 0 Å². The highest BCUT2D eigenvalue weighted by atomic mass is 16.5. The molecule has 0 spiro atoms. The van der Waals surface area contributed by atoms with Crippen molar-refractivity contribution in [2.75, 3.05) is 14.2 Å². The van der Waals surface area contributed by atoms with Gasteiger partial charge in [-0.25, -0.2) is 0 Å². The molecule has 0 saturated carbocycles. The van der Waals surface area contributed by atoms with E-state index in [9.17, 15) is 0 Å². The number of aryl methyl sites for hydroxylation is 2. The molecule has 0 N–H and O–H groups in total. The number of benzene rings is 1. The quantitative estimate of drug-likeness (QED) is 0.685. The van der Waals surface area contributed by atoms with Crippen molar-refractivity contribution in [3.63, 3.8) is 0 Å². The van der Waals surface area contributed by atoms with Gasteiger partial charge in [-0.1, -0.05) is 11.2 Å². The van der Waals surface area contributed by atoms with Gasteiger partial charge in [-0.3, -0.25) is 0 Å². The second kappa shape index (κ2) is 6.69. The van der Waals surface area contributed by atoms with Crippen LogP contribution in [0.25, 0.3) is 11.6 Å². The molecule has 0 unspecified atom stereocenters. The summed E-state index contributed by atoms with van der Waals surface area (Å²) in [4.78, 5) is 6.02. The molecule has 3 rings (SSSR count). The SMILES string of the molecule is CCn1nc(C)c(-c2nc(Cc3ccc(OC)c(OC)c3)no2)n1. The van der Waals surface area contributed by atoms with Crippen LogP contribution in [0.15, 0.2) is 22.7 Å². The summed E-state index contributed by atoms with van der Waals surface area (Å²) in [5.74, 6) is 2.30. The van der Waals surface area contributed by atoms with Gasteiger partial charge in [0.15, 0.2) is 23.0 Å². The third kappa shape index (κ3) is 3.08. The number of hydrogen-bond acceptors (Lipinski definition) is 7. The first kappa shape index (κ1) is 16.0. The zero-order chi connectivity index (χ0) is 17.1. The third-order valence-electron chi connectivity index (χ3n) is 3.59. The van der Waals surface area contributed by atoms with Crippen molar-refractivity contribution >= 4 is 0 Å². The van der Waals surface area contributed by atoms with Crippen molar-refractivity contribution in [3.05, 3.63) is 35.3 Å². The number of methoxy groups -OCH3 is 2.